The summed E-state index contributed by atoms with van der Waals surface area (Å²) < 4.78 is 5.17. The number of allylic oxidation sites excluding steroid dienone is 1. The molecule has 0 spiro atoms. The van der Waals surface area contributed by atoms with Crippen LogP contribution in [0.25, 0.3) is 0 Å². The summed E-state index contributed by atoms with van der Waals surface area (Å²) >= 11 is 0. The number of aliphatic carboxylic acids is 1. The third-order valence-corrected chi connectivity index (χ3v) is 4.31. The van der Waals surface area contributed by atoms with Gasteiger partial charge in [-0.05, 0) is 62.1 Å². The van der Waals surface area contributed by atoms with E-state index in [-0.39, 0.29) is 5.92 Å². The van der Waals surface area contributed by atoms with Crippen LogP contribution in [-0.4, -0.2) is 18.2 Å². The van der Waals surface area contributed by atoms with Crippen LogP contribution in [0.1, 0.15) is 44.1 Å². The van der Waals surface area contributed by atoms with Gasteiger partial charge in [0.15, 0.2) is 0 Å². The van der Waals surface area contributed by atoms with Crippen molar-refractivity contribution in [2.24, 2.45) is 5.92 Å². The lowest BCUT2D eigenvalue weighted by Crippen LogP contribution is -2.19. The molecule has 1 saturated carbocycles. The van der Waals surface area contributed by atoms with E-state index in [4.69, 9.17) is 4.74 Å². The number of ether oxygens (including phenoxy) is 1. The van der Waals surface area contributed by atoms with Crippen LogP contribution in [0.4, 0.5) is 0 Å². The van der Waals surface area contributed by atoms with Crippen LogP contribution < -0.4 is 4.74 Å². The Balaban J connectivity index is 1.98. The Kier molecular flexibility index (Phi) is 4.83. The van der Waals surface area contributed by atoms with Gasteiger partial charge in [-0.2, -0.15) is 0 Å². The van der Waals surface area contributed by atoms with Crippen molar-refractivity contribution in [2.45, 2.75) is 38.5 Å². The molecule has 2 rings (SSSR count). The maximum absolute atomic E-state index is 11.2. The second kappa shape index (κ2) is 6.60. The fraction of sp³-hybridized carbons (Fsp3) is 0.471. The first-order valence-corrected chi connectivity index (χ1v) is 7.19. The summed E-state index contributed by atoms with van der Waals surface area (Å²) in [7, 11) is 1.67. The van der Waals surface area contributed by atoms with Gasteiger partial charge in [0.25, 0.3) is 0 Å². The summed E-state index contributed by atoms with van der Waals surface area (Å²) in [5, 5.41) is 9.18. The molecule has 0 amide bonds. The Labute approximate surface area is 120 Å². The van der Waals surface area contributed by atoms with Crippen molar-refractivity contribution < 1.29 is 14.6 Å². The summed E-state index contributed by atoms with van der Waals surface area (Å²) in [6, 6.07) is 8.24. The zero-order chi connectivity index (χ0) is 14.5. The second-order valence-electron chi connectivity index (χ2n) is 5.37. The van der Waals surface area contributed by atoms with Gasteiger partial charge >= 0.3 is 5.97 Å². The standard InChI is InChI=1S/C17H22O3/c1-3-16(17(18)19)14-6-4-12(5-7-14)13-8-10-15(20-2)11-9-13/h3,8-12,14H,4-7H2,1-2H3,(H,18,19). The monoisotopic (exact) mass is 274 g/mol. The van der Waals surface area contributed by atoms with Gasteiger partial charge in [0.2, 0.25) is 0 Å². The van der Waals surface area contributed by atoms with Crippen LogP contribution in [-0.2, 0) is 4.79 Å². The van der Waals surface area contributed by atoms with E-state index in [0.29, 0.717) is 11.5 Å². The van der Waals surface area contributed by atoms with Crippen molar-refractivity contribution in [3.05, 3.63) is 41.5 Å². The molecule has 0 bridgehead atoms. The lowest BCUT2D eigenvalue weighted by Gasteiger charge is -2.29. The first kappa shape index (κ1) is 14.6. The number of benzene rings is 1. The number of methoxy groups -OCH3 is 1. The number of carboxylic acids is 1. The molecular formula is C17H22O3. The maximum Gasteiger partial charge on any atom is 0.331 e. The van der Waals surface area contributed by atoms with Gasteiger partial charge < -0.3 is 9.84 Å². The van der Waals surface area contributed by atoms with Gasteiger partial charge in [-0.25, -0.2) is 4.79 Å². The minimum Gasteiger partial charge on any atom is -0.497 e. The Hall–Kier alpha value is -1.77. The molecule has 1 aromatic rings. The maximum atomic E-state index is 11.2. The summed E-state index contributed by atoms with van der Waals surface area (Å²) in [5.41, 5.74) is 1.92. The molecule has 0 atom stereocenters. The van der Waals surface area contributed by atoms with E-state index in [0.717, 1.165) is 31.4 Å². The van der Waals surface area contributed by atoms with Crippen molar-refractivity contribution in [3.8, 4) is 5.75 Å². The molecule has 3 heteroatoms. The van der Waals surface area contributed by atoms with Gasteiger partial charge in [-0.1, -0.05) is 18.2 Å². The van der Waals surface area contributed by atoms with Gasteiger partial charge in [0.05, 0.1) is 7.11 Å². The molecule has 0 aromatic heterocycles. The molecule has 0 radical (unpaired) electrons. The molecule has 1 aliphatic rings. The highest BCUT2D eigenvalue weighted by Gasteiger charge is 2.27. The van der Waals surface area contributed by atoms with Crippen LogP contribution in [0.15, 0.2) is 35.9 Å². The number of hydrogen-bond acceptors (Lipinski definition) is 2. The zero-order valence-corrected chi connectivity index (χ0v) is 12.1. The van der Waals surface area contributed by atoms with Crippen molar-refractivity contribution in [1.82, 2.24) is 0 Å². The second-order valence-corrected chi connectivity index (χ2v) is 5.37. The van der Waals surface area contributed by atoms with E-state index in [1.165, 1.54) is 5.56 Å². The molecule has 3 nitrogen and oxygen atoms in total. The number of carbonyl (C=O) groups is 1. The summed E-state index contributed by atoms with van der Waals surface area (Å²) in [6.07, 6.45) is 5.79. The van der Waals surface area contributed by atoms with Gasteiger partial charge in [0, 0.05) is 5.57 Å². The number of carboxylic acid groups (broad SMARTS) is 1. The molecule has 1 aromatic carbocycles. The van der Waals surface area contributed by atoms with Gasteiger partial charge in [-0.3, -0.25) is 0 Å². The topological polar surface area (TPSA) is 46.5 Å². The SMILES string of the molecule is CC=C(C(=O)O)C1CCC(c2ccc(OC)cc2)CC1. The van der Waals surface area contributed by atoms with Crippen molar-refractivity contribution in [2.75, 3.05) is 7.11 Å². The van der Waals surface area contributed by atoms with E-state index in [1.54, 1.807) is 13.2 Å². The quantitative estimate of drug-likeness (QED) is 0.844. The highest BCUT2D eigenvalue weighted by molar-refractivity contribution is 5.87. The average molecular weight is 274 g/mol. The van der Waals surface area contributed by atoms with Crippen molar-refractivity contribution in [3.63, 3.8) is 0 Å². The third kappa shape index (κ3) is 3.21. The molecule has 1 aliphatic carbocycles. The fourth-order valence-electron chi connectivity index (χ4n) is 3.15. The third-order valence-electron chi connectivity index (χ3n) is 4.31. The van der Waals surface area contributed by atoms with Gasteiger partial charge in [0.1, 0.15) is 5.75 Å². The first-order valence-electron chi connectivity index (χ1n) is 7.19. The fourth-order valence-corrected chi connectivity index (χ4v) is 3.15. The molecule has 0 aliphatic heterocycles. The molecule has 0 heterocycles. The predicted molar refractivity (Wildman–Crippen MR) is 79.1 cm³/mol. The van der Waals surface area contributed by atoms with Crippen molar-refractivity contribution in [1.29, 1.82) is 0 Å². The van der Waals surface area contributed by atoms with Gasteiger partial charge in [-0.15, -0.1) is 0 Å². The van der Waals surface area contributed by atoms with Crippen LogP contribution >= 0.6 is 0 Å². The summed E-state index contributed by atoms with van der Waals surface area (Å²) in [6.45, 7) is 1.82. The smallest absolute Gasteiger partial charge is 0.331 e. The highest BCUT2D eigenvalue weighted by atomic mass is 16.5. The highest BCUT2D eigenvalue weighted by Crippen LogP contribution is 2.39. The molecule has 20 heavy (non-hydrogen) atoms. The summed E-state index contributed by atoms with van der Waals surface area (Å²) in [4.78, 5) is 11.2. The van der Waals surface area contributed by atoms with Crippen molar-refractivity contribution >= 4 is 5.97 Å². The van der Waals surface area contributed by atoms with Crippen LogP contribution in [0.5, 0.6) is 5.75 Å². The number of hydrogen-bond donors (Lipinski definition) is 1. The Morgan fingerprint density at radius 2 is 1.80 bits per heavy atom. The predicted octanol–water partition coefficient (Wildman–Crippen LogP) is 4.00. The zero-order valence-electron chi connectivity index (χ0n) is 12.1. The largest absolute Gasteiger partial charge is 0.497 e. The Morgan fingerprint density at radius 1 is 1.20 bits per heavy atom. The molecular weight excluding hydrogens is 252 g/mol. The molecule has 108 valence electrons. The van der Waals surface area contributed by atoms with E-state index in [1.807, 2.05) is 19.1 Å². The summed E-state index contributed by atoms with van der Waals surface area (Å²) in [5.74, 6) is 0.876. The first-order chi connectivity index (χ1) is 9.65. The lowest BCUT2D eigenvalue weighted by molar-refractivity contribution is -0.133. The minimum absolute atomic E-state index is 0.215. The minimum atomic E-state index is -0.764. The Morgan fingerprint density at radius 3 is 2.25 bits per heavy atom. The van der Waals surface area contributed by atoms with E-state index in [9.17, 15) is 9.90 Å². The molecule has 0 saturated heterocycles. The van der Waals surface area contributed by atoms with Crippen LogP contribution in [0.3, 0.4) is 0 Å². The Bertz CT molecular complexity index is 479. The van der Waals surface area contributed by atoms with E-state index >= 15 is 0 Å². The van der Waals surface area contributed by atoms with E-state index < -0.39 is 5.97 Å². The average Bonchev–Trinajstić information content (AvgIpc) is 2.48. The molecule has 1 fully saturated rings. The molecule has 0 unspecified atom stereocenters. The normalized spacial score (nSPS) is 23.4. The van der Waals surface area contributed by atoms with Crippen LogP contribution in [0.2, 0.25) is 0 Å². The van der Waals surface area contributed by atoms with E-state index in [2.05, 4.69) is 12.1 Å². The molecule has 1 N–H and O–H groups in total. The lowest BCUT2D eigenvalue weighted by atomic mass is 9.76. The number of rotatable bonds is 4. The van der Waals surface area contributed by atoms with Crippen LogP contribution in [0, 0.1) is 5.92 Å².